The molecule has 0 atom stereocenters. The topological polar surface area (TPSA) is 63.8 Å². The molecule has 2 heterocycles. The molecule has 0 spiro atoms. The first kappa shape index (κ1) is 13.6. The van der Waals surface area contributed by atoms with E-state index in [0.29, 0.717) is 15.9 Å². The van der Waals surface area contributed by atoms with E-state index in [1.807, 2.05) is 0 Å². The molecule has 2 rings (SSSR count). The highest BCUT2D eigenvalue weighted by Gasteiger charge is 2.30. The molecule has 0 bridgehead atoms. The maximum absolute atomic E-state index is 12.4. The van der Waals surface area contributed by atoms with Crippen molar-refractivity contribution in [2.24, 2.45) is 5.84 Å². The Morgan fingerprint density at radius 3 is 2.47 bits per heavy atom. The van der Waals surface area contributed by atoms with Gasteiger partial charge in [0.15, 0.2) is 0 Å². The number of nitrogen functional groups attached to an aromatic ring is 1. The highest BCUT2D eigenvalue weighted by molar-refractivity contribution is 7.99. The number of hydrogen-bond donors (Lipinski definition) is 2. The van der Waals surface area contributed by atoms with Crippen LogP contribution in [0.15, 0.2) is 46.6 Å². The van der Waals surface area contributed by atoms with E-state index in [0.717, 1.165) is 24.0 Å². The van der Waals surface area contributed by atoms with Crippen LogP contribution < -0.4 is 11.3 Å². The van der Waals surface area contributed by atoms with Gasteiger partial charge in [-0.2, -0.15) is 13.2 Å². The van der Waals surface area contributed by atoms with Crippen LogP contribution in [0.3, 0.4) is 0 Å². The zero-order valence-corrected chi connectivity index (χ0v) is 10.3. The number of pyridine rings is 2. The third kappa shape index (κ3) is 3.58. The second kappa shape index (κ2) is 5.45. The average Bonchev–Trinajstić information content (AvgIpc) is 2.38. The van der Waals surface area contributed by atoms with E-state index in [1.54, 1.807) is 18.2 Å². The molecular formula is C11H9F3N4S. The van der Waals surface area contributed by atoms with Crippen LogP contribution in [0.1, 0.15) is 5.56 Å². The van der Waals surface area contributed by atoms with Crippen molar-refractivity contribution < 1.29 is 13.2 Å². The average molecular weight is 286 g/mol. The van der Waals surface area contributed by atoms with Crippen LogP contribution in [0.2, 0.25) is 0 Å². The summed E-state index contributed by atoms with van der Waals surface area (Å²) in [6.07, 6.45) is -3.58. The van der Waals surface area contributed by atoms with Gasteiger partial charge in [-0.25, -0.2) is 15.8 Å². The van der Waals surface area contributed by atoms with Crippen LogP contribution in [-0.4, -0.2) is 9.97 Å². The van der Waals surface area contributed by atoms with E-state index in [4.69, 9.17) is 5.84 Å². The van der Waals surface area contributed by atoms with E-state index in [9.17, 15) is 13.2 Å². The Balaban J connectivity index is 2.15. The molecule has 2 aromatic heterocycles. The predicted molar refractivity (Wildman–Crippen MR) is 65.4 cm³/mol. The summed E-state index contributed by atoms with van der Waals surface area (Å²) in [5, 5.41) is 1.01. The molecular weight excluding hydrogens is 277 g/mol. The van der Waals surface area contributed by atoms with Gasteiger partial charge in [0, 0.05) is 6.20 Å². The molecule has 0 saturated heterocycles. The van der Waals surface area contributed by atoms with Gasteiger partial charge in [0.05, 0.1) is 5.56 Å². The molecule has 0 aliphatic carbocycles. The van der Waals surface area contributed by atoms with Gasteiger partial charge in [-0.05, 0) is 24.3 Å². The summed E-state index contributed by atoms with van der Waals surface area (Å²) in [6.45, 7) is 0. The number of nitrogens with one attached hydrogen (secondary N) is 1. The number of nitrogens with zero attached hydrogens (tertiary/aromatic N) is 2. The highest BCUT2D eigenvalue weighted by atomic mass is 32.2. The Kier molecular flexibility index (Phi) is 3.91. The van der Waals surface area contributed by atoms with Crippen molar-refractivity contribution in [1.82, 2.24) is 9.97 Å². The van der Waals surface area contributed by atoms with Gasteiger partial charge in [-0.15, -0.1) is 0 Å². The normalized spacial score (nSPS) is 11.4. The zero-order chi connectivity index (χ0) is 13.9. The Morgan fingerprint density at radius 1 is 1.11 bits per heavy atom. The SMILES string of the molecule is NNc1cccc(Sc2ccc(C(F)(F)F)cn2)n1. The van der Waals surface area contributed by atoms with Gasteiger partial charge in [0.25, 0.3) is 0 Å². The minimum absolute atomic E-state index is 0.426. The third-order valence-electron chi connectivity index (χ3n) is 2.14. The lowest BCUT2D eigenvalue weighted by Gasteiger charge is -2.06. The second-order valence-electron chi connectivity index (χ2n) is 3.49. The smallest absolute Gasteiger partial charge is 0.308 e. The summed E-state index contributed by atoms with van der Waals surface area (Å²) < 4.78 is 37.1. The second-order valence-corrected chi connectivity index (χ2v) is 4.53. The van der Waals surface area contributed by atoms with Gasteiger partial charge < -0.3 is 5.43 Å². The number of nitrogens with two attached hydrogens (primary N) is 1. The summed E-state index contributed by atoms with van der Waals surface area (Å²) in [4.78, 5) is 7.87. The monoisotopic (exact) mass is 286 g/mol. The van der Waals surface area contributed by atoms with Gasteiger partial charge in [-0.1, -0.05) is 17.8 Å². The fourth-order valence-electron chi connectivity index (χ4n) is 1.27. The van der Waals surface area contributed by atoms with Crippen molar-refractivity contribution in [2.45, 2.75) is 16.2 Å². The third-order valence-corrected chi connectivity index (χ3v) is 3.03. The van der Waals surface area contributed by atoms with Crippen LogP contribution in [0, 0.1) is 0 Å². The minimum Gasteiger partial charge on any atom is -0.308 e. The molecule has 2 aromatic rings. The lowest BCUT2D eigenvalue weighted by Crippen LogP contribution is -2.08. The van der Waals surface area contributed by atoms with Crippen LogP contribution in [0.4, 0.5) is 19.0 Å². The van der Waals surface area contributed by atoms with Gasteiger partial charge in [0.1, 0.15) is 15.9 Å². The first-order valence-electron chi connectivity index (χ1n) is 5.14. The van der Waals surface area contributed by atoms with Crippen molar-refractivity contribution in [2.75, 3.05) is 5.43 Å². The summed E-state index contributed by atoms with van der Waals surface area (Å²) in [6, 6.07) is 7.40. The van der Waals surface area contributed by atoms with E-state index in [-0.39, 0.29) is 0 Å². The molecule has 0 aliphatic rings. The Bertz CT molecular complexity index is 557. The molecule has 19 heavy (non-hydrogen) atoms. The maximum atomic E-state index is 12.4. The van der Waals surface area contributed by atoms with Crippen LogP contribution in [-0.2, 0) is 6.18 Å². The van der Waals surface area contributed by atoms with Crippen molar-refractivity contribution >= 4 is 17.6 Å². The highest BCUT2D eigenvalue weighted by Crippen LogP contribution is 2.31. The van der Waals surface area contributed by atoms with Crippen molar-refractivity contribution in [1.29, 1.82) is 0 Å². The first-order valence-corrected chi connectivity index (χ1v) is 5.95. The molecule has 0 fully saturated rings. The van der Waals surface area contributed by atoms with E-state index in [1.165, 1.54) is 6.07 Å². The predicted octanol–water partition coefficient (Wildman–Crippen LogP) is 2.93. The number of rotatable bonds is 3. The van der Waals surface area contributed by atoms with E-state index >= 15 is 0 Å². The number of halogens is 3. The van der Waals surface area contributed by atoms with Gasteiger partial charge in [-0.3, -0.25) is 0 Å². The number of aromatic nitrogens is 2. The molecule has 4 nitrogen and oxygen atoms in total. The lowest BCUT2D eigenvalue weighted by atomic mass is 10.3. The molecule has 0 aromatic carbocycles. The number of hydrogen-bond acceptors (Lipinski definition) is 5. The van der Waals surface area contributed by atoms with E-state index in [2.05, 4.69) is 15.4 Å². The zero-order valence-electron chi connectivity index (χ0n) is 9.48. The number of anilines is 1. The molecule has 0 radical (unpaired) electrons. The Hall–Kier alpha value is -1.80. The summed E-state index contributed by atoms with van der Waals surface area (Å²) in [5.41, 5.74) is 1.61. The summed E-state index contributed by atoms with van der Waals surface area (Å²) in [7, 11) is 0. The Labute approximate surface area is 111 Å². The number of alkyl halides is 3. The standard InChI is InChI=1S/C11H9F3N4S/c12-11(13,14)7-4-5-9(16-6-7)19-10-3-1-2-8(17-10)18-15/h1-6H,15H2,(H,17,18). The molecule has 8 heteroatoms. The first-order chi connectivity index (χ1) is 8.99. The minimum atomic E-state index is -4.38. The van der Waals surface area contributed by atoms with Crippen LogP contribution >= 0.6 is 11.8 Å². The van der Waals surface area contributed by atoms with E-state index < -0.39 is 11.7 Å². The summed E-state index contributed by atoms with van der Waals surface area (Å²) in [5.74, 6) is 5.69. The van der Waals surface area contributed by atoms with Crippen molar-refractivity contribution in [3.8, 4) is 0 Å². The fourth-order valence-corrected chi connectivity index (χ4v) is 2.01. The molecule has 0 unspecified atom stereocenters. The fraction of sp³-hybridized carbons (Fsp3) is 0.0909. The number of hydrazine groups is 1. The molecule has 3 N–H and O–H groups in total. The van der Waals surface area contributed by atoms with Crippen LogP contribution in [0.5, 0.6) is 0 Å². The molecule has 0 saturated carbocycles. The quantitative estimate of drug-likeness (QED) is 0.671. The molecule has 0 aliphatic heterocycles. The largest absolute Gasteiger partial charge is 0.417 e. The van der Waals surface area contributed by atoms with Crippen LogP contribution in [0.25, 0.3) is 0 Å². The van der Waals surface area contributed by atoms with Crippen molar-refractivity contribution in [3.05, 3.63) is 42.1 Å². The van der Waals surface area contributed by atoms with Gasteiger partial charge >= 0.3 is 6.18 Å². The lowest BCUT2D eigenvalue weighted by molar-refractivity contribution is -0.137. The summed E-state index contributed by atoms with van der Waals surface area (Å²) >= 11 is 1.15. The molecule has 100 valence electrons. The molecule has 0 amide bonds. The van der Waals surface area contributed by atoms with Crippen molar-refractivity contribution in [3.63, 3.8) is 0 Å². The Morgan fingerprint density at radius 2 is 1.89 bits per heavy atom. The van der Waals surface area contributed by atoms with Gasteiger partial charge in [0.2, 0.25) is 0 Å². The maximum Gasteiger partial charge on any atom is 0.417 e.